The first-order chi connectivity index (χ1) is 13.4. The van der Waals surface area contributed by atoms with E-state index < -0.39 is 0 Å². The van der Waals surface area contributed by atoms with Gasteiger partial charge in [0.25, 0.3) is 5.91 Å². The van der Waals surface area contributed by atoms with E-state index in [1.165, 1.54) is 0 Å². The van der Waals surface area contributed by atoms with Crippen molar-refractivity contribution >= 4 is 17.4 Å². The molecule has 3 aromatic rings. The number of rotatable bonds is 6. The number of aryl methyl sites for hydroxylation is 3. The van der Waals surface area contributed by atoms with Crippen LogP contribution < -0.4 is 15.4 Å². The molecule has 0 atom stereocenters. The van der Waals surface area contributed by atoms with Crippen molar-refractivity contribution in [3.05, 3.63) is 76.7 Å². The van der Waals surface area contributed by atoms with Crippen molar-refractivity contribution in [3.63, 3.8) is 0 Å². The maximum absolute atomic E-state index is 12.6. The van der Waals surface area contributed by atoms with Gasteiger partial charge >= 0.3 is 0 Å². The SMILES string of the molecule is COc1ccc(CNC(=O)c2cc(Nc3cc(C)ccc3C)nc(C)n2)cc1. The van der Waals surface area contributed by atoms with Gasteiger partial charge in [-0.3, -0.25) is 4.79 Å². The molecule has 28 heavy (non-hydrogen) atoms. The lowest BCUT2D eigenvalue weighted by Gasteiger charge is -2.12. The molecule has 6 heteroatoms. The summed E-state index contributed by atoms with van der Waals surface area (Å²) in [5.41, 5.74) is 4.52. The van der Waals surface area contributed by atoms with E-state index in [0.717, 1.165) is 28.1 Å². The first-order valence-electron chi connectivity index (χ1n) is 9.05. The van der Waals surface area contributed by atoms with E-state index in [1.54, 1.807) is 20.1 Å². The summed E-state index contributed by atoms with van der Waals surface area (Å²) in [5, 5.41) is 6.18. The summed E-state index contributed by atoms with van der Waals surface area (Å²) in [4.78, 5) is 21.2. The Hall–Kier alpha value is -3.41. The number of carbonyl (C=O) groups excluding carboxylic acids is 1. The van der Waals surface area contributed by atoms with Gasteiger partial charge in [0.15, 0.2) is 0 Å². The molecule has 0 radical (unpaired) electrons. The molecule has 1 aromatic heterocycles. The number of nitrogens with one attached hydrogen (secondary N) is 2. The predicted molar refractivity (Wildman–Crippen MR) is 110 cm³/mol. The van der Waals surface area contributed by atoms with Gasteiger partial charge in [-0.25, -0.2) is 9.97 Å². The molecule has 0 saturated carbocycles. The molecule has 2 aromatic carbocycles. The summed E-state index contributed by atoms with van der Waals surface area (Å²) in [6.07, 6.45) is 0. The van der Waals surface area contributed by atoms with Crippen LogP contribution in [0.25, 0.3) is 0 Å². The minimum absolute atomic E-state index is 0.245. The second kappa shape index (κ2) is 8.52. The highest BCUT2D eigenvalue weighted by atomic mass is 16.5. The van der Waals surface area contributed by atoms with Crippen LogP contribution in [0.4, 0.5) is 11.5 Å². The van der Waals surface area contributed by atoms with Crippen molar-refractivity contribution in [1.29, 1.82) is 0 Å². The van der Waals surface area contributed by atoms with E-state index in [9.17, 15) is 4.79 Å². The second-order valence-corrected chi connectivity index (χ2v) is 6.66. The van der Waals surface area contributed by atoms with Gasteiger partial charge in [-0.1, -0.05) is 24.3 Å². The molecule has 6 nitrogen and oxygen atoms in total. The Kier molecular flexibility index (Phi) is 5.89. The Morgan fingerprint density at radius 3 is 2.46 bits per heavy atom. The normalized spacial score (nSPS) is 10.4. The minimum atomic E-state index is -0.245. The number of hydrogen-bond acceptors (Lipinski definition) is 5. The fourth-order valence-electron chi connectivity index (χ4n) is 2.77. The van der Waals surface area contributed by atoms with Crippen LogP contribution in [0.3, 0.4) is 0 Å². The van der Waals surface area contributed by atoms with Crippen LogP contribution in [0.15, 0.2) is 48.5 Å². The predicted octanol–water partition coefficient (Wildman–Crippen LogP) is 4.08. The van der Waals surface area contributed by atoms with E-state index in [1.807, 2.05) is 44.2 Å². The molecule has 144 valence electrons. The number of nitrogens with zero attached hydrogens (tertiary/aromatic N) is 2. The van der Waals surface area contributed by atoms with E-state index in [4.69, 9.17) is 4.74 Å². The van der Waals surface area contributed by atoms with Gasteiger partial charge in [-0.05, 0) is 55.7 Å². The van der Waals surface area contributed by atoms with E-state index in [2.05, 4.69) is 32.7 Å². The first kappa shape index (κ1) is 19.4. The second-order valence-electron chi connectivity index (χ2n) is 6.66. The van der Waals surface area contributed by atoms with Gasteiger partial charge in [0.05, 0.1) is 7.11 Å². The third-order valence-corrected chi connectivity index (χ3v) is 4.34. The van der Waals surface area contributed by atoms with Gasteiger partial charge in [-0.15, -0.1) is 0 Å². The van der Waals surface area contributed by atoms with Gasteiger partial charge in [0, 0.05) is 18.3 Å². The van der Waals surface area contributed by atoms with Crippen molar-refractivity contribution in [2.75, 3.05) is 12.4 Å². The van der Waals surface area contributed by atoms with Crippen molar-refractivity contribution in [1.82, 2.24) is 15.3 Å². The number of ether oxygens (including phenoxy) is 1. The molecule has 0 aliphatic heterocycles. The van der Waals surface area contributed by atoms with Crippen molar-refractivity contribution < 1.29 is 9.53 Å². The average molecular weight is 376 g/mol. The quantitative estimate of drug-likeness (QED) is 0.678. The molecule has 1 amide bonds. The number of methoxy groups -OCH3 is 1. The highest BCUT2D eigenvalue weighted by molar-refractivity contribution is 5.93. The summed E-state index contributed by atoms with van der Waals surface area (Å²) in [6, 6.07) is 15.4. The van der Waals surface area contributed by atoms with Crippen LogP contribution in [-0.4, -0.2) is 23.0 Å². The number of carbonyl (C=O) groups is 1. The fourth-order valence-corrected chi connectivity index (χ4v) is 2.77. The van der Waals surface area contributed by atoms with Gasteiger partial charge in [0.1, 0.15) is 23.1 Å². The molecule has 0 fully saturated rings. The highest BCUT2D eigenvalue weighted by Gasteiger charge is 2.11. The molecule has 1 heterocycles. The van der Waals surface area contributed by atoms with Crippen molar-refractivity contribution in [2.45, 2.75) is 27.3 Å². The van der Waals surface area contributed by atoms with Crippen molar-refractivity contribution in [3.8, 4) is 5.75 Å². The number of anilines is 2. The number of hydrogen-bond donors (Lipinski definition) is 2. The number of amides is 1. The monoisotopic (exact) mass is 376 g/mol. The average Bonchev–Trinajstić information content (AvgIpc) is 2.69. The van der Waals surface area contributed by atoms with E-state index >= 15 is 0 Å². The van der Waals surface area contributed by atoms with Crippen LogP contribution >= 0.6 is 0 Å². The largest absolute Gasteiger partial charge is 0.497 e. The van der Waals surface area contributed by atoms with Crippen LogP contribution in [0.5, 0.6) is 5.75 Å². The molecule has 0 bridgehead atoms. The zero-order chi connectivity index (χ0) is 20.1. The van der Waals surface area contributed by atoms with Crippen LogP contribution in [0.2, 0.25) is 0 Å². The lowest BCUT2D eigenvalue weighted by atomic mass is 10.1. The zero-order valence-corrected chi connectivity index (χ0v) is 16.5. The number of benzene rings is 2. The molecular weight excluding hydrogens is 352 g/mol. The molecule has 0 aliphatic rings. The smallest absolute Gasteiger partial charge is 0.270 e. The summed E-state index contributed by atoms with van der Waals surface area (Å²) in [5.74, 6) is 1.66. The van der Waals surface area contributed by atoms with Crippen LogP contribution in [0, 0.1) is 20.8 Å². The maximum atomic E-state index is 12.6. The number of aromatic nitrogens is 2. The summed E-state index contributed by atoms with van der Waals surface area (Å²) in [7, 11) is 1.62. The lowest BCUT2D eigenvalue weighted by molar-refractivity contribution is 0.0945. The molecule has 0 aliphatic carbocycles. The molecule has 0 saturated heterocycles. The van der Waals surface area contributed by atoms with Gasteiger partial charge < -0.3 is 15.4 Å². The lowest BCUT2D eigenvalue weighted by Crippen LogP contribution is -2.24. The maximum Gasteiger partial charge on any atom is 0.270 e. The van der Waals surface area contributed by atoms with Gasteiger partial charge in [-0.2, -0.15) is 0 Å². The summed E-state index contributed by atoms with van der Waals surface area (Å²) in [6.45, 7) is 6.24. The van der Waals surface area contributed by atoms with E-state index in [-0.39, 0.29) is 5.91 Å². The summed E-state index contributed by atoms with van der Waals surface area (Å²) < 4.78 is 5.14. The molecule has 2 N–H and O–H groups in total. The molecule has 0 unspecified atom stereocenters. The zero-order valence-electron chi connectivity index (χ0n) is 16.5. The fraction of sp³-hybridized carbons (Fsp3) is 0.227. The minimum Gasteiger partial charge on any atom is -0.497 e. The standard InChI is InChI=1S/C22H24N4O2/c1-14-5-6-15(2)19(11-14)26-21-12-20(24-16(3)25-21)22(27)23-13-17-7-9-18(28-4)10-8-17/h5-12H,13H2,1-4H3,(H,23,27)(H,24,25,26). The Labute approximate surface area is 165 Å². The van der Waals surface area contributed by atoms with Crippen molar-refractivity contribution in [2.24, 2.45) is 0 Å². The molecule has 3 rings (SSSR count). The third-order valence-electron chi connectivity index (χ3n) is 4.34. The Bertz CT molecular complexity index is 984. The van der Waals surface area contributed by atoms with Gasteiger partial charge in [0.2, 0.25) is 0 Å². The summed E-state index contributed by atoms with van der Waals surface area (Å²) >= 11 is 0. The highest BCUT2D eigenvalue weighted by Crippen LogP contribution is 2.21. The molecular formula is C22H24N4O2. The van der Waals surface area contributed by atoms with E-state index in [0.29, 0.717) is 23.9 Å². The Morgan fingerprint density at radius 1 is 1.00 bits per heavy atom. The third kappa shape index (κ3) is 4.85. The first-order valence-corrected chi connectivity index (χ1v) is 9.05. The topological polar surface area (TPSA) is 76.1 Å². The van der Waals surface area contributed by atoms with Crippen LogP contribution in [0.1, 0.15) is 33.0 Å². The Morgan fingerprint density at radius 2 is 1.75 bits per heavy atom. The Balaban J connectivity index is 1.72. The van der Waals surface area contributed by atoms with Crippen LogP contribution in [-0.2, 0) is 6.54 Å². The molecule has 0 spiro atoms.